The Hall–Kier alpha value is -3.13. The highest BCUT2D eigenvalue weighted by Gasteiger charge is 2.43. The zero-order chi connectivity index (χ0) is 20.8. The van der Waals surface area contributed by atoms with Gasteiger partial charge in [0, 0.05) is 36.6 Å². The van der Waals surface area contributed by atoms with Crippen LogP contribution < -0.4 is 10.1 Å². The van der Waals surface area contributed by atoms with Crippen LogP contribution in [-0.2, 0) is 4.74 Å². The lowest BCUT2D eigenvalue weighted by molar-refractivity contribution is -0.0639. The van der Waals surface area contributed by atoms with E-state index in [1.165, 1.54) is 25.4 Å². The third-order valence-electron chi connectivity index (χ3n) is 6.51. The zero-order valence-electron chi connectivity index (χ0n) is 17.1. The molecule has 0 bridgehead atoms. The molecule has 1 saturated heterocycles. The van der Waals surface area contributed by atoms with Crippen LogP contribution in [0.3, 0.4) is 0 Å². The Balaban J connectivity index is 1.35. The standard InChI is InChI=1S/C23H24N4O4/c28-22(21-12-24-14-30-21)26-19-10-23(5-7-29-8-6-23)31-20-4-1-15(9-18(19)20)16-11-25-27(13-16)17-2-3-17/h1,4,9,11-14,17,19H,2-3,5-8,10H2,(H,26,28). The minimum Gasteiger partial charge on any atom is -0.487 e. The lowest BCUT2D eigenvalue weighted by atomic mass is 9.81. The van der Waals surface area contributed by atoms with Gasteiger partial charge in [-0.3, -0.25) is 9.48 Å². The van der Waals surface area contributed by atoms with E-state index in [2.05, 4.69) is 33.7 Å². The number of benzene rings is 1. The number of hydrogen-bond donors (Lipinski definition) is 1. The molecule has 3 aromatic rings. The highest BCUT2D eigenvalue weighted by atomic mass is 16.5. The van der Waals surface area contributed by atoms with Crippen LogP contribution in [0.2, 0.25) is 0 Å². The molecule has 1 atom stereocenters. The Bertz CT molecular complexity index is 1100. The highest BCUT2D eigenvalue weighted by Crippen LogP contribution is 2.45. The van der Waals surface area contributed by atoms with Crippen LogP contribution in [-0.4, -0.2) is 39.5 Å². The molecule has 1 amide bonds. The van der Waals surface area contributed by atoms with E-state index in [0.717, 1.165) is 35.3 Å². The van der Waals surface area contributed by atoms with Gasteiger partial charge in [0.15, 0.2) is 6.39 Å². The van der Waals surface area contributed by atoms with Crippen molar-refractivity contribution in [2.45, 2.75) is 49.8 Å². The molecule has 3 aliphatic rings. The smallest absolute Gasteiger partial charge is 0.289 e. The van der Waals surface area contributed by atoms with Gasteiger partial charge in [-0.1, -0.05) is 6.07 Å². The van der Waals surface area contributed by atoms with Gasteiger partial charge in [0.25, 0.3) is 5.91 Å². The number of rotatable bonds is 4. The van der Waals surface area contributed by atoms with Crippen molar-refractivity contribution in [3.63, 3.8) is 0 Å². The predicted molar refractivity (Wildman–Crippen MR) is 111 cm³/mol. The molecule has 8 heteroatoms. The first kappa shape index (κ1) is 18.6. The number of carbonyl (C=O) groups is 1. The fourth-order valence-corrected chi connectivity index (χ4v) is 4.61. The van der Waals surface area contributed by atoms with Crippen molar-refractivity contribution in [2.75, 3.05) is 13.2 Å². The molecule has 1 aliphatic carbocycles. The van der Waals surface area contributed by atoms with E-state index in [0.29, 0.717) is 25.7 Å². The summed E-state index contributed by atoms with van der Waals surface area (Å²) in [6.45, 7) is 1.33. The summed E-state index contributed by atoms with van der Waals surface area (Å²) in [6, 6.07) is 6.54. The first-order valence-electron chi connectivity index (χ1n) is 10.8. The van der Waals surface area contributed by atoms with E-state index < -0.39 is 0 Å². The maximum atomic E-state index is 12.8. The maximum Gasteiger partial charge on any atom is 0.289 e. The molecule has 160 valence electrons. The van der Waals surface area contributed by atoms with E-state index in [4.69, 9.17) is 13.9 Å². The van der Waals surface area contributed by atoms with Crippen molar-refractivity contribution in [3.05, 3.63) is 54.5 Å². The summed E-state index contributed by atoms with van der Waals surface area (Å²) in [7, 11) is 0. The van der Waals surface area contributed by atoms with Gasteiger partial charge in [0.2, 0.25) is 5.76 Å². The third kappa shape index (κ3) is 3.50. The number of nitrogens with one attached hydrogen (secondary N) is 1. The molecule has 1 saturated carbocycles. The van der Waals surface area contributed by atoms with Crippen LogP contribution in [0.1, 0.15) is 60.3 Å². The second kappa shape index (κ2) is 7.23. The lowest BCUT2D eigenvalue weighted by Crippen LogP contribution is -2.48. The Morgan fingerprint density at radius 1 is 1.16 bits per heavy atom. The number of ether oxygens (including phenoxy) is 2. The molecule has 2 fully saturated rings. The SMILES string of the molecule is O=C(NC1CC2(CCOCC2)Oc2ccc(-c3cnn(C4CC4)c3)cc21)c1cnco1. The topological polar surface area (TPSA) is 91.4 Å². The van der Waals surface area contributed by atoms with Crippen molar-refractivity contribution in [2.24, 2.45) is 0 Å². The lowest BCUT2D eigenvalue weighted by Gasteiger charge is -2.44. The molecule has 4 heterocycles. The summed E-state index contributed by atoms with van der Waals surface area (Å²) in [6.07, 6.45) is 11.4. The van der Waals surface area contributed by atoms with E-state index in [1.54, 1.807) is 0 Å². The van der Waals surface area contributed by atoms with Gasteiger partial charge < -0.3 is 19.2 Å². The van der Waals surface area contributed by atoms with Crippen molar-refractivity contribution in [1.82, 2.24) is 20.1 Å². The fourth-order valence-electron chi connectivity index (χ4n) is 4.61. The minimum absolute atomic E-state index is 0.196. The molecule has 8 nitrogen and oxygen atoms in total. The Kier molecular flexibility index (Phi) is 4.34. The van der Waals surface area contributed by atoms with Crippen LogP contribution in [0.5, 0.6) is 5.75 Å². The molecule has 6 rings (SSSR count). The Labute approximate surface area is 179 Å². The van der Waals surface area contributed by atoms with Crippen LogP contribution in [0.25, 0.3) is 11.1 Å². The number of hydrogen-bond acceptors (Lipinski definition) is 6. The second-order valence-electron chi connectivity index (χ2n) is 8.69. The van der Waals surface area contributed by atoms with E-state index in [9.17, 15) is 4.79 Å². The second-order valence-corrected chi connectivity index (χ2v) is 8.69. The molecule has 2 aliphatic heterocycles. The fraction of sp³-hybridized carbons (Fsp3) is 0.435. The minimum atomic E-state index is -0.330. The van der Waals surface area contributed by atoms with Crippen LogP contribution in [0.15, 0.2) is 47.6 Å². The first-order valence-corrected chi connectivity index (χ1v) is 10.8. The van der Waals surface area contributed by atoms with E-state index in [-0.39, 0.29) is 23.3 Å². The predicted octanol–water partition coefficient (Wildman–Crippen LogP) is 3.68. The average molecular weight is 420 g/mol. The van der Waals surface area contributed by atoms with Gasteiger partial charge in [-0.2, -0.15) is 5.10 Å². The summed E-state index contributed by atoms with van der Waals surface area (Å²) >= 11 is 0. The van der Waals surface area contributed by atoms with Crippen molar-refractivity contribution < 1.29 is 18.7 Å². The maximum absolute atomic E-state index is 12.8. The largest absolute Gasteiger partial charge is 0.487 e. The summed E-state index contributed by atoms with van der Waals surface area (Å²) in [5.41, 5.74) is 2.78. The first-order chi connectivity index (χ1) is 15.2. The van der Waals surface area contributed by atoms with Crippen molar-refractivity contribution in [3.8, 4) is 16.9 Å². The van der Waals surface area contributed by atoms with Gasteiger partial charge in [-0.25, -0.2) is 4.98 Å². The molecule has 2 aromatic heterocycles. The van der Waals surface area contributed by atoms with Gasteiger partial charge in [0.05, 0.1) is 37.7 Å². The van der Waals surface area contributed by atoms with Crippen LogP contribution >= 0.6 is 0 Å². The molecular weight excluding hydrogens is 396 g/mol. The molecule has 1 N–H and O–H groups in total. The normalized spacial score (nSPS) is 22.0. The number of nitrogens with zero attached hydrogens (tertiary/aromatic N) is 3. The van der Waals surface area contributed by atoms with Gasteiger partial charge in [-0.05, 0) is 30.5 Å². The average Bonchev–Trinajstić information content (AvgIpc) is 3.26. The summed E-state index contributed by atoms with van der Waals surface area (Å²) in [5.74, 6) is 0.745. The highest BCUT2D eigenvalue weighted by molar-refractivity contribution is 5.91. The van der Waals surface area contributed by atoms with Crippen molar-refractivity contribution in [1.29, 1.82) is 0 Å². The molecule has 0 radical (unpaired) electrons. The summed E-state index contributed by atoms with van der Waals surface area (Å²) in [4.78, 5) is 16.6. The number of fused-ring (bicyclic) bond motifs is 1. The van der Waals surface area contributed by atoms with Gasteiger partial charge in [0.1, 0.15) is 11.4 Å². The van der Waals surface area contributed by atoms with Gasteiger partial charge in [-0.15, -0.1) is 0 Å². The summed E-state index contributed by atoms with van der Waals surface area (Å²) in [5, 5.41) is 7.67. The van der Waals surface area contributed by atoms with E-state index >= 15 is 0 Å². The molecular formula is C23H24N4O4. The molecule has 1 spiro atoms. The third-order valence-corrected chi connectivity index (χ3v) is 6.51. The van der Waals surface area contributed by atoms with Crippen LogP contribution in [0.4, 0.5) is 0 Å². The number of aromatic nitrogens is 3. The zero-order valence-corrected chi connectivity index (χ0v) is 17.1. The molecule has 31 heavy (non-hydrogen) atoms. The number of carbonyl (C=O) groups excluding carboxylic acids is 1. The Morgan fingerprint density at radius 3 is 2.81 bits per heavy atom. The van der Waals surface area contributed by atoms with Crippen LogP contribution in [0, 0.1) is 0 Å². The van der Waals surface area contributed by atoms with E-state index in [1.807, 2.05) is 16.9 Å². The Morgan fingerprint density at radius 2 is 2.03 bits per heavy atom. The van der Waals surface area contributed by atoms with Crippen molar-refractivity contribution >= 4 is 5.91 Å². The molecule has 1 aromatic carbocycles. The number of oxazole rings is 1. The quantitative estimate of drug-likeness (QED) is 0.692. The van der Waals surface area contributed by atoms with Gasteiger partial charge >= 0.3 is 0 Å². The number of amides is 1. The summed E-state index contributed by atoms with van der Waals surface area (Å²) < 4.78 is 19.3. The molecule has 1 unspecified atom stereocenters. The monoisotopic (exact) mass is 420 g/mol.